The fraction of sp³-hybridized carbons (Fsp3) is 0.375. The van der Waals surface area contributed by atoms with E-state index in [-0.39, 0.29) is 24.3 Å². The molecule has 0 unspecified atom stereocenters. The van der Waals surface area contributed by atoms with E-state index in [2.05, 4.69) is 27.0 Å². The van der Waals surface area contributed by atoms with Crippen LogP contribution in [0.3, 0.4) is 0 Å². The Bertz CT molecular complexity index is 588. The van der Waals surface area contributed by atoms with Crippen molar-refractivity contribution >= 4 is 23.7 Å². The van der Waals surface area contributed by atoms with Gasteiger partial charge in [-0.1, -0.05) is 6.07 Å². The highest BCUT2D eigenvalue weighted by Crippen LogP contribution is 2.36. The third kappa shape index (κ3) is 3.60. The standard InChI is InChI=1S/C16H19FN2OS.ClH/c1-20-15-10-13(17)2-3-14(15)16(12-4-9-21-11-12)19-7-5-18-6-8-19;/h2-4,9-11,16,18H,5-8H2,1H3;1H/t16-;/m0./s1. The predicted octanol–water partition coefficient (Wildman–Crippen LogP) is 3.31. The fourth-order valence-electron chi connectivity index (χ4n) is 2.87. The van der Waals surface area contributed by atoms with Crippen molar-refractivity contribution in [3.8, 4) is 5.75 Å². The summed E-state index contributed by atoms with van der Waals surface area (Å²) in [6, 6.07) is 7.09. The molecule has 6 heteroatoms. The molecule has 0 spiro atoms. The summed E-state index contributed by atoms with van der Waals surface area (Å²) in [6.45, 7) is 3.90. The van der Waals surface area contributed by atoms with Gasteiger partial charge in [-0.15, -0.1) is 12.4 Å². The number of methoxy groups -OCH3 is 1. The normalized spacial score (nSPS) is 16.8. The van der Waals surface area contributed by atoms with Crippen LogP contribution in [0.25, 0.3) is 0 Å². The van der Waals surface area contributed by atoms with Gasteiger partial charge in [-0.3, -0.25) is 4.90 Å². The van der Waals surface area contributed by atoms with Gasteiger partial charge in [-0.05, 0) is 28.5 Å². The summed E-state index contributed by atoms with van der Waals surface area (Å²) in [4.78, 5) is 2.42. The number of rotatable bonds is 4. The second-order valence-corrected chi connectivity index (χ2v) is 5.91. The SMILES string of the molecule is COc1cc(F)ccc1[C@H](c1ccsc1)N1CCNCC1.Cl. The maximum absolute atomic E-state index is 13.5. The highest BCUT2D eigenvalue weighted by molar-refractivity contribution is 7.08. The van der Waals surface area contributed by atoms with Crippen LogP contribution < -0.4 is 10.1 Å². The number of nitrogens with one attached hydrogen (secondary N) is 1. The molecule has 0 radical (unpaired) electrons. The number of benzene rings is 1. The Kier molecular flexibility index (Phi) is 6.20. The van der Waals surface area contributed by atoms with Gasteiger partial charge >= 0.3 is 0 Å². The summed E-state index contributed by atoms with van der Waals surface area (Å²) in [6.07, 6.45) is 0. The summed E-state index contributed by atoms with van der Waals surface area (Å²) in [7, 11) is 1.60. The highest BCUT2D eigenvalue weighted by Gasteiger charge is 2.26. The zero-order valence-electron chi connectivity index (χ0n) is 12.4. The quantitative estimate of drug-likeness (QED) is 0.922. The maximum Gasteiger partial charge on any atom is 0.126 e. The van der Waals surface area contributed by atoms with Gasteiger partial charge in [0.05, 0.1) is 13.2 Å². The third-order valence-electron chi connectivity index (χ3n) is 3.87. The van der Waals surface area contributed by atoms with E-state index in [4.69, 9.17) is 4.74 Å². The fourth-order valence-corrected chi connectivity index (χ4v) is 3.55. The molecule has 22 heavy (non-hydrogen) atoms. The predicted molar refractivity (Wildman–Crippen MR) is 90.8 cm³/mol. The van der Waals surface area contributed by atoms with Crippen LogP contribution in [-0.2, 0) is 0 Å². The number of nitrogens with zero attached hydrogens (tertiary/aromatic N) is 1. The minimum atomic E-state index is -0.264. The minimum absolute atomic E-state index is 0. The van der Waals surface area contributed by atoms with E-state index in [9.17, 15) is 4.39 Å². The van der Waals surface area contributed by atoms with Crippen molar-refractivity contribution in [2.75, 3.05) is 33.3 Å². The maximum atomic E-state index is 13.5. The van der Waals surface area contributed by atoms with E-state index in [1.807, 2.05) is 6.07 Å². The van der Waals surface area contributed by atoms with Gasteiger partial charge in [0.25, 0.3) is 0 Å². The molecule has 1 N–H and O–H groups in total. The molecule has 0 amide bonds. The van der Waals surface area contributed by atoms with Crippen LogP contribution in [0.1, 0.15) is 17.2 Å². The van der Waals surface area contributed by atoms with Gasteiger partial charge in [0, 0.05) is 37.8 Å². The average Bonchev–Trinajstić information content (AvgIpc) is 3.04. The zero-order chi connectivity index (χ0) is 14.7. The highest BCUT2D eigenvalue weighted by atomic mass is 35.5. The van der Waals surface area contributed by atoms with Gasteiger partial charge in [-0.2, -0.15) is 11.3 Å². The summed E-state index contributed by atoms with van der Waals surface area (Å²) in [5.41, 5.74) is 2.27. The largest absolute Gasteiger partial charge is 0.496 e. The van der Waals surface area contributed by atoms with E-state index in [0.29, 0.717) is 5.75 Å². The van der Waals surface area contributed by atoms with Gasteiger partial charge < -0.3 is 10.1 Å². The molecule has 2 heterocycles. The molecule has 1 atom stereocenters. The van der Waals surface area contributed by atoms with Gasteiger partial charge in [0.2, 0.25) is 0 Å². The zero-order valence-corrected chi connectivity index (χ0v) is 14.1. The Hall–Kier alpha value is -1.14. The Balaban J connectivity index is 0.00000176. The Morgan fingerprint density at radius 3 is 2.68 bits per heavy atom. The minimum Gasteiger partial charge on any atom is -0.496 e. The van der Waals surface area contributed by atoms with Gasteiger partial charge in [0.1, 0.15) is 11.6 Å². The molecule has 3 nitrogen and oxygen atoms in total. The first-order valence-corrected chi connectivity index (χ1v) is 8.04. The van der Waals surface area contributed by atoms with Crippen molar-refractivity contribution < 1.29 is 9.13 Å². The molecule has 0 bridgehead atoms. The number of ether oxygens (including phenoxy) is 1. The molecule has 1 aromatic heterocycles. The Morgan fingerprint density at radius 1 is 1.27 bits per heavy atom. The second-order valence-electron chi connectivity index (χ2n) is 5.13. The lowest BCUT2D eigenvalue weighted by atomic mass is 9.97. The number of hydrogen-bond acceptors (Lipinski definition) is 4. The van der Waals surface area contributed by atoms with Crippen LogP contribution in [0, 0.1) is 5.82 Å². The topological polar surface area (TPSA) is 24.5 Å². The smallest absolute Gasteiger partial charge is 0.126 e. The number of halogens is 2. The Labute approximate surface area is 140 Å². The average molecular weight is 343 g/mol. The third-order valence-corrected chi connectivity index (χ3v) is 4.57. The van der Waals surface area contributed by atoms with E-state index < -0.39 is 0 Å². The summed E-state index contributed by atoms with van der Waals surface area (Å²) < 4.78 is 18.9. The number of thiophene rings is 1. The lowest BCUT2D eigenvalue weighted by molar-refractivity contribution is 0.195. The molecular formula is C16H20ClFN2OS. The van der Waals surface area contributed by atoms with Crippen molar-refractivity contribution in [2.24, 2.45) is 0 Å². The number of hydrogen-bond donors (Lipinski definition) is 1. The van der Waals surface area contributed by atoms with Crippen LogP contribution >= 0.6 is 23.7 Å². The molecule has 1 aliphatic heterocycles. The lowest BCUT2D eigenvalue weighted by Gasteiger charge is -2.35. The lowest BCUT2D eigenvalue weighted by Crippen LogP contribution is -2.45. The molecule has 1 aromatic carbocycles. The summed E-state index contributed by atoms with van der Waals surface area (Å²) in [5.74, 6) is 0.352. The molecule has 0 saturated carbocycles. The van der Waals surface area contributed by atoms with Crippen LogP contribution in [0.2, 0.25) is 0 Å². The first-order valence-electron chi connectivity index (χ1n) is 7.10. The summed E-state index contributed by atoms with van der Waals surface area (Å²) in [5, 5.41) is 7.62. The van der Waals surface area contributed by atoms with E-state index in [1.54, 1.807) is 18.4 Å². The Morgan fingerprint density at radius 2 is 2.05 bits per heavy atom. The molecule has 2 aromatic rings. The second kappa shape index (κ2) is 7.92. The first kappa shape index (κ1) is 17.2. The van der Waals surface area contributed by atoms with Crippen LogP contribution in [-0.4, -0.2) is 38.2 Å². The molecule has 1 saturated heterocycles. The van der Waals surface area contributed by atoms with Gasteiger partial charge in [0.15, 0.2) is 0 Å². The van der Waals surface area contributed by atoms with E-state index in [0.717, 1.165) is 31.7 Å². The first-order chi connectivity index (χ1) is 10.3. The molecular weight excluding hydrogens is 323 g/mol. The van der Waals surface area contributed by atoms with Crippen molar-refractivity contribution in [3.05, 3.63) is 52.0 Å². The molecule has 120 valence electrons. The molecule has 1 aliphatic rings. The van der Waals surface area contributed by atoms with Crippen molar-refractivity contribution in [2.45, 2.75) is 6.04 Å². The van der Waals surface area contributed by atoms with E-state index in [1.165, 1.54) is 17.7 Å². The molecule has 3 rings (SSSR count). The molecule has 1 fully saturated rings. The van der Waals surface area contributed by atoms with Gasteiger partial charge in [-0.25, -0.2) is 4.39 Å². The van der Waals surface area contributed by atoms with Crippen LogP contribution in [0.4, 0.5) is 4.39 Å². The van der Waals surface area contributed by atoms with Crippen LogP contribution in [0.5, 0.6) is 5.75 Å². The summed E-state index contributed by atoms with van der Waals surface area (Å²) >= 11 is 1.69. The van der Waals surface area contributed by atoms with Crippen molar-refractivity contribution in [1.82, 2.24) is 10.2 Å². The molecule has 0 aliphatic carbocycles. The van der Waals surface area contributed by atoms with Crippen LogP contribution in [0.15, 0.2) is 35.0 Å². The van der Waals surface area contributed by atoms with Crippen molar-refractivity contribution in [1.29, 1.82) is 0 Å². The van der Waals surface area contributed by atoms with Crippen molar-refractivity contribution in [3.63, 3.8) is 0 Å². The number of piperazine rings is 1. The van der Waals surface area contributed by atoms with E-state index >= 15 is 0 Å². The monoisotopic (exact) mass is 342 g/mol.